The van der Waals surface area contributed by atoms with E-state index in [0.717, 1.165) is 0 Å². The topological polar surface area (TPSA) is 0 Å². The second kappa shape index (κ2) is 30.2. The van der Waals surface area contributed by atoms with Gasteiger partial charge in [0.05, 0.1) is 0 Å². The summed E-state index contributed by atoms with van der Waals surface area (Å²) in [5.74, 6) is 0. The van der Waals surface area contributed by atoms with Crippen molar-refractivity contribution in [1.82, 2.24) is 0 Å². The highest BCUT2D eigenvalue weighted by Gasteiger charge is 1.92. The van der Waals surface area contributed by atoms with Gasteiger partial charge in [-0.1, -0.05) is 127 Å². The van der Waals surface area contributed by atoms with E-state index in [-0.39, 0.29) is 0 Å². The van der Waals surface area contributed by atoms with Crippen molar-refractivity contribution in [3.63, 3.8) is 0 Å². The van der Waals surface area contributed by atoms with Crippen molar-refractivity contribution in [2.24, 2.45) is 0 Å². The van der Waals surface area contributed by atoms with Gasteiger partial charge in [-0.2, -0.15) is 0 Å². The van der Waals surface area contributed by atoms with Crippen LogP contribution in [0.4, 0.5) is 0 Å². The van der Waals surface area contributed by atoms with Crippen molar-refractivity contribution in [2.75, 3.05) is 0 Å². The van der Waals surface area contributed by atoms with Crippen LogP contribution in [0.2, 0.25) is 0 Å². The molecule has 0 saturated heterocycles. The van der Waals surface area contributed by atoms with E-state index in [4.69, 9.17) is 0 Å². The number of unbranched alkanes of at least 4 members (excludes halogenated alkanes) is 20. The molecule has 32 heavy (non-hydrogen) atoms. The Balaban J connectivity index is 3.15. The highest BCUT2D eigenvalue weighted by Crippen LogP contribution is 2.11. The van der Waals surface area contributed by atoms with Gasteiger partial charge in [-0.15, -0.1) is 0 Å². The van der Waals surface area contributed by atoms with Gasteiger partial charge in [-0.25, -0.2) is 0 Å². The molecule has 0 aliphatic rings. The average Bonchev–Trinajstić information content (AvgIpc) is 2.81. The molecule has 0 unspecified atom stereocenters. The van der Waals surface area contributed by atoms with Gasteiger partial charge >= 0.3 is 0 Å². The molecule has 0 aromatic rings. The van der Waals surface area contributed by atoms with Crippen LogP contribution in [0.25, 0.3) is 0 Å². The normalized spacial score (nSPS) is 12.2. The molecule has 0 bridgehead atoms. The van der Waals surface area contributed by atoms with Crippen molar-refractivity contribution < 1.29 is 0 Å². The Hall–Kier alpha value is -0.780. The summed E-state index contributed by atoms with van der Waals surface area (Å²) in [6, 6.07) is 0. The molecule has 0 fully saturated rings. The summed E-state index contributed by atoms with van der Waals surface area (Å²) in [6.07, 6.45) is 47.4. The van der Waals surface area contributed by atoms with Crippen LogP contribution in [-0.4, -0.2) is 0 Å². The zero-order valence-corrected chi connectivity index (χ0v) is 22.4. The lowest BCUT2D eigenvalue weighted by Crippen LogP contribution is -1.80. The summed E-state index contributed by atoms with van der Waals surface area (Å²) < 4.78 is 0. The van der Waals surface area contributed by atoms with Crippen LogP contribution in [0.1, 0.15) is 168 Å². The predicted octanol–water partition coefficient (Wildman–Crippen LogP) is 12.1. The number of hydrogen-bond acceptors (Lipinski definition) is 0. The summed E-state index contributed by atoms with van der Waals surface area (Å²) in [5.41, 5.74) is 0. The molecule has 0 rings (SSSR count). The average molecular weight is 445 g/mol. The smallest absolute Gasteiger partial charge is 0.0351 e. The van der Waals surface area contributed by atoms with E-state index in [1.54, 1.807) is 0 Å². The highest BCUT2D eigenvalue weighted by molar-refractivity contribution is 4.83. The second-order valence-corrected chi connectivity index (χ2v) is 9.80. The van der Waals surface area contributed by atoms with E-state index in [9.17, 15) is 0 Å². The Morgan fingerprint density at radius 3 is 0.719 bits per heavy atom. The Morgan fingerprint density at radius 1 is 0.250 bits per heavy atom. The lowest BCUT2D eigenvalue weighted by molar-refractivity contribution is 0.598. The first kappa shape index (κ1) is 31.2. The maximum absolute atomic E-state index is 2.44. The lowest BCUT2D eigenvalue weighted by atomic mass is 10.1. The van der Waals surface area contributed by atoms with Crippen molar-refractivity contribution in [2.45, 2.75) is 168 Å². The van der Waals surface area contributed by atoms with E-state index < -0.39 is 0 Å². The molecule has 0 aromatic carbocycles. The molecule has 0 saturated carbocycles. The molecular weight excluding hydrogens is 384 g/mol. The second-order valence-electron chi connectivity index (χ2n) is 9.80. The summed E-state index contributed by atoms with van der Waals surface area (Å²) >= 11 is 0. The van der Waals surface area contributed by atoms with Gasteiger partial charge < -0.3 is 0 Å². The van der Waals surface area contributed by atoms with Gasteiger partial charge in [0.15, 0.2) is 0 Å². The molecule has 0 aliphatic heterocycles. The number of hydrogen-bond donors (Lipinski definition) is 0. The van der Waals surface area contributed by atoms with Crippen LogP contribution in [-0.2, 0) is 0 Å². The molecule has 0 heteroatoms. The minimum absolute atomic E-state index is 1.29. The fourth-order valence-corrected chi connectivity index (χ4v) is 4.19. The minimum atomic E-state index is 1.29. The number of rotatable bonds is 26. The van der Waals surface area contributed by atoms with E-state index in [0.29, 0.717) is 0 Å². The highest BCUT2D eigenvalue weighted by atomic mass is 14.0. The van der Waals surface area contributed by atoms with Crippen LogP contribution in [0.3, 0.4) is 0 Å². The molecule has 0 amide bonds. The van der Waals surface area contributed by atoms with Gasteiger partial charge in [-0.05, 0) is 77.0 Å². The van der Waals surface area contributed by atoms with Gasteiger partial charge in [0.1, 0.15) is 0 Å². The predicted molar refractivity (Wildman–Crippen MR) is 150 cm³/mol. The molecular formula is C32H60. The summed E-state index contributed by atoms with van der Waals surface area (Å²) in [7, 11) is 0. The minimum Gasteiger partial charge on any atom is -0.0885 e. The van der Waals surface area contributed by atoms with Crippen LogP contribution in [0.15, 0.2) is 36.5 Å². The molecule has 188 valence electrons. The fraction of sp³-hybridized carbons (Fsp3) is 0.812. The largest absolute Gasteiger partial charge is 0.0885 e. The van der Waals surface area contributed by atoms with Gasteiger partial charge in [-0.3, -0.25) is 0 Å². The Morgan fingerprint density at radius 2 is 0.438 bits per heavy atom. The fourth-order valence-electron chi connectivity index (χ4n) is 4.19. The molecule has 0 nitrogen and oxygen atoms in total. The standard InChI is InChI=1S/C32H60/c1-3-5-7-9-11-13-15-17-19-21-23-25-27-29-31-32-30-28-26-24-22-20-18-16-14-12-10-8-6-4-2/h11,13-14,16,31-32H,3-10,12,15,17-30H2,1-2H3/b13-11-,16-14+,32-31+. The van der Waals surface area contributed by atoms with Crippen LogP contribution < -0.4 is 0 Å². The zero-order chi connectivity index (χ0) is 23.2. The van der Waals surface area contributed by atoms with Crippen molar-refractivity contribution in [1.29, 1.82) is 0 Å². The first-order chi connectivity index (χ1) is 15.9. The van der Waals surface area contributed by atoms with E-state index in [1.165, 1.54) is 154 Å². The number of allylic oxidation sites excluding steroid dienone is 6. The van der Waals surface area contributed by atoms with Crippen LogP contribution >= 0.6 is 0 Å². The first-order valence-corrected chi connectivity index (χ1v) is 14.9. The first-order valence-electron chi connectivity index (χ1n) is 14.9. The molecule has 0 heterocycles. The molecule has 0 aliphatic carbocycles. The molecule has 0 atom stereocenters. The van der Waals surface area contributed by atoms with Crippen molar-refractivity contribution >= 4 is 0 Å². The molecule has 0 radical (unpaired) electrons. The molecule has 0 spiro atoms. The quantitative estimate of drug-likeness (QED) is 0.0918. The SMILES string of the molecule is CCCCC/C=C\CCCCCCCC/C=C/CCCCCCC/C=C/CCCCCC. The summed E-state index contributed by atoms with van der Waals surface area (Å²) in [4.78, 5) is 0. The Kier molecular flexibility index (Phi) is 29.5. The lowest BCUT2D eigenvalue weighted by Gasteiger charge is -2.00. The van der Waals surface area contributed by atoms with Crippen molar-refractivity contribution in [3.8, 4) is 0 Å². The van der Waals surface area contributed by atoms with E-state index in [1.807, 2.05) is 0 Å². The van der Waals surface area contributed by atoms with Crippen LogP contribution in [0, 0.1) is 0 Å². The zero-order valence-electron chi connectivity index (χ0n) is 22.4. The maximum atomic E-state index is 2.44. The third-order valence-corrected chi connectivity index (χ3v) is 6.43. The Labute approximate surface area is 204 Å². The third-order valence-electron chi connectivity index (χ3n) is 6.43. The molecule has 0 aromatic heterocycles. The van der Waals surface area contributed by atoms with E-state index in [2.05, 4.69) is 50.3 Å². The summed E-state index contributed by atoms with van der Waals surface area (Å²) in [6.45, 7) is 4.56. The van der Waals surface area contributed by atoms with Crippen LogP contribution in [0.5, 0.6) is 0 Å². The van der Waals surface area contributed by atoms with Gasteiger partial charge in [0.25, 0.3) is 0 Å². The maximum Gasteiger partial charge on any atom is -0.0351 e. The third kappa shape index (κ3) is 29.2. The summed E-state index contributed by atoms with van der Waals surface area (Å²) in [5, 5.41) is 0. The monoisotopic (exact) mass is 444 g/mol. The molecule has 0 N–H and O–H groups in total. The van der Waals surface area contributed by atoms with E-state index >= 15 is 0 Å². The van der Waals surface area contributed by atoms with Gasteiger partial charge in [0.2, 0.25) is 0 Å². The van der Waals surface area contributed by atoms with Crippen molar-refractivity contribution in [3.05, 3.63) is 36.5 Å². The van der Waals surface area contributed by atoms with Gasteiger partial charge in [0, 0.05) is 0 Å². The Bertz CT molecular complexity index is 400.